The Morgan fingerprint density at radius 2 is 1.41 bits per heavy atom. The highest BCUT2D eigenvalue weighted by molar-refractivity contribution is 7.80. The van der Waals surface area contributed by atoms with Crippen LogP contribution < -0.4 is 0 Å². The third-order valence-electron chi connectivity index (χ3n) is 4.62. The predicted molar refractivity (Wildman–Crippen MR) is 115 cm³/mol. The summed E-state index contributed by atoms with van der Waals surface area (Å²) in [5, 5.41) is 0. The standard InChI is InChI=1S/C22H34O6S/c1-2-20-14-16-21(17-15-20)19-27-22(23)13-11-9-7-5-3-4-6-8-10-12-18-28-29(24,25)26/h2,14-17H,1,3-13,18-19H2,(H,24,25,26). The molecule has 0 unspecified atom stereocenters. The third kappa shape index (κ3) is 14.9. The van der Waals surface area contributed by atoms with Crippen molar-refractivity contribution in [2.24, 2.45) is 0 Å². The van der Waals surface area contributed by atoms with E-state index in [0.29, 0.717) is 19.4 Å². The van der Waals surface area contributed by atoms with Crippen LogP contribution in [0, 0.1) is 0 Å². The van der Waals surface area contributed by atoms with Crippen LogP contribution in [0.5, 0.6) is 0 Å². The SMILES string of the molecule is C=Cc1ccc(COC(=O)CCCCCCCCCCCCOS(=O)(=O)O)cc1. The molecule has 1 rings (SSSR count). The molecule has 0 atom stereocenters. The lowest BCUT2D eigenvalue weighted by Gasteiger charge is -2.06. The molecule has 1 aromatic carbocycles. The molecule has 0 radical (unpaired) electrons. The number of hydrogen-bond acceptors (Lipinski definition) is 5. The second-order valence-corrected chi connectivity index (χ2v) is 8.23. The number of esters is 1. The first kappa shape index (κ1) is 25.3. The minimum atomic E-state index is -4.29. The highest BCUT2D eigenvalue weighted by atomic mass is 32.3. The van der Waals surface area contributed by atoms with Crippen LogP contribution in [0.15, 0.2) is 30.8 Å². The molecule has 7 heteroatoms. The molecular formula is C22H34O6S. The Balaban J connectivity index is 1.87. The third-order valence-corrected chi connectivity index (χ3v) is 5.09. The van der Waals surface area contributed by atoms with Crippen molar-refractivity contribution in [3.63, 3.8) is 0 Å². The number of unbranched alkanes of at least 4 members (excludes halogenated alkanes) is 9. The zero-order valence-electron chi connectivity index (χ0n) is 17.2. The smallest absolute Gasteiger partial charge is 0.397 e. The Morgan fingerprint density at radius 1 is 0.897 bits per heavy atom. The molecule has 29 heavy (non-hydrogen) atoms. The van der Waals surface area contributed by atoms with Crippen molar-refractivity contribution in [3.8, 4) is 0 Å². The van der Waals surface area contributed by atoms with Gasteiger partial charge < -0.3 is 4.74 Å². The molecule has 0 aliphatic heterocycles. The number of benzene rings is 1. The predicted octanol–water partition coefficient (Wildman–Crippen LogP) is 5.48. The second kappa shape index (κ2) is 15.2. The number of carbonyl (C=O) groups excluding carboxylic acids is 1. The summed E-state index contributed by atoms with van der Waals surface area (Å²) in [5.74, 6) is -0.143. The molecule has 1 aromatic rings. The average Bonchev–Trinajstić information content (AvgIpc) is 2.69. The van der Waals surface area contributed by atoms with Gasteiger partial charge in [0.05, 0.1) is 6.61 Å². The van der Waals surface area contributed by atoms with E-state index in [2.05, 4.69) is 10.8 Å². The highest BCUT2D eigenvalue weighted by Crippen LogP contribution is 2.12. The number of rotatable bonds is 17. The van der Waals surface area contributed by atoms with Gasteiger partial charge in [0.2, 0.25) is 0 Å². The fourth-order valence-electron chi connectivity index (χ4n) is 2.94. The molecule has 0 aromatic heterocycles. The number of hydrogen-bond donors (Lipinski definition) is 1. The van der Waals surface area contributed by atoms with Gasteiger partial charge in [-0.25, -0.2) is 4.18 Å². The van der Waals surface area contributed by atoms with Crippen LogP contribution in [0.2, 0.25) is 0 Å². The van der Waals surface area contributed by atoms with Crippen molar-refractivity contribution in [2.75, 3.05) is 6.61 Å². The lowest BCUT2D eigenvalue weighted by molar-refractivity contribution is -0.145. The molecule has 0 saturated heterocycles. The lowest BCUT2D eigenvalue weighted by Crippen LogP contribution is -2.04. The summed E-state index contributed by atoms with van der Waals surface area (Å²) >= 11 is 0. The van der Waals surface area contributed by atoms with Gasteiger partial charge in [0, 0.05) is 6.42 Å². The first-order valence-electron chi connectivity index (χ1n) is 10.4. The molecule has 0 aliphatic rings. The van der Waals surface area contributed by atoms with Crippen LogP contribution in [-0.2, 0) is 30.7 Å². The van der Waals surface area contributed by atoms with Gasteiger partial charge in [0.25, 0.3) is 0 Å². The van der Waals surface area contributed by atoms with Gasteiger partial charge in [-0.05, 0) is 24.0 Å². The van der Waals surface area contributed by atoms with E-state index in [1.54, 1.807) is 6.08 Å². The minimum absolute atomic E-state index is 0.0445. The van der Waals surface area contributed by atoms with Gasteiger partial charge in [0.15, 0.2) is 0 Å². The molecule has 0 heterocycles. The van der Waals surface area contributed by atoms with E-state index < -0.39 is 10.4 Å². The van der Waals surface area contributed by atoms with Gasteiger partial charge in [-0.3, -0.25) is 9.35 Å². The summed E-state index contributed by atoms with van der Waals surface area (Å²) < 4.78 is 38.7. The van der Waals surface area contributed by atoms with E-state index in [-0.39, 0.29) is 12.6 Å². The zero-order valence-corrected chi connectivity index (χ0v) is 18.0. The Bertz CT molecular complexity index is 682. The van der Waals surface area contributed by atoms with Crippen LogP contribution in [0.1, 0.15) is 81.8 Å². The summed E-state index contributed by atoms with van der Waals surface area (Å²) in [6.07, 6.45) is 12.5. The molecule has 164 valence electrons. The maximum atomic E-state index is 11.8. The quantitative estimate of drug-likeness (QED) is 0.201. The summed E-state index contributed by atoms with van der Waals surface area (Å²) in [6, 6.07) is 7.79. The first-order chi connectivity index (χ1) is 13.9. The maximum Gasteiger partial charge on any atom is 0.397 e. The van der Waals surface area contributed by atoms with Gasteiger partial charge in [-0.1, -0.05) is 88.3 Å². The molecule has 1 N–H and O–H groups in total. The molecule has 0 amide bonds. The van der Waals surface area contributed by atoms with Crippen LogP contribution in [0.25, 0.3) is 6.08 Å². The summed E-state index contributed by atoms with van der Waals surface area (Å²) in [4.78, 5) is 11.8. The zero-order chi connectivity index (χ0) is 21.4. The molecule has 0 bridgehead atoms. The van der Waals surface area contributed by atoms with Gasteiger partial charge in [-0.15, -0.1) is 0 Å². The molecule has 0 saturated carbocycles. The van der Waals surface area contributed by atoms with E-state index in [0.717, 1.165) is 62.5 Å². The average molecular weight is 427 g/mol. The second-order valence-electron chi connectivity index (χ2n) is 7.14. The monoisotopic (exact) mass is 426 g/mol. The molecular weight excluding hydrogens is 392 g/mol. The van der Waals surface area contributed by atoms with Crippen molar-refractivity contribution >= 4 is 22.4 Å². The van der Waals surface area contributed by atoms with Gasteiger partial charge in [0.1, 0.15) is 6.61 Å². The van der Waals surface area contributed by atoms with Crippen molar-refractivity contribution in [3.05, 3.63) is 42.0 Å². The van der Waals surface area contributed by atoms with Gasteiger partial charge in [-0.2, -0.15) is 8.42 Å². The molecule has 0 spiro atoms. The van der Waals surface area contributed by atoms with Crippen LogP contribution in [0.4, 0.5) is 0 Å². The molecule has 0 fully saturated rings. The van der Waals surface area contributed by atoms with Crippen LogP contribution >= 0.6 is 0 Å². The summed E-state index contributed by atoms with van der Waals surface area (Å²) in [7, 11) is -4.29. The number of carbonyl (C=O) groups is 1. The van der Waals surface area contributed by atoms with E-state index in [1.165, 1.54) is 6.42 Å². The molecule has 6 nitrogen and oxygen atoms in total. The van der Waals surface area contributed by atoms with Crippen LogP contribution in [-0.4, -0.2) is 25.5 Å². The van der Waals surface area contributed by atoms with E-state index in [4.69, 9.17) is 9.29 Å². The maximum absolute atomic E-state index is 11.8. The Labute approximate surface area is 175 Å². The molecule has 0 aliphatic carbocycles. The fourth-order valence-corrected chi connectivity index (χ4v) is 3.26. The Kier molecular flexibility index (Phi) is 13.3. The Hall–Kier alpha value is -1.70. The van der Waals surface area contributed by atoms with E-state index in [1.807, 2.05) is 24.3 Å². The summed E-state index contributed by atoms with van der Waals surface area (Å²) in [6.45, 7) is 4.07. The number of ether oxygens (including phenoxy) is 1. The first-order valence-corrected chi connectivity index (χ1v) is 11.8. The van der Waals surface area contributed by atoms with E-state index >= 15 is 0 Å². The largest absolute Gasteiger partial charge is 0.461 e. The van der Waals surface area contributed by atoms with Gasteiger partial charge >= 0.3 is 16.4 Å². The highest BCUT2D eigenvalue weighted by Gasteiger charge is 2.04. The fraction of sp³-hybridized carbons (Fsp3) is 0.591. The van der Waals surface area contributed by atoms with Crippen molar-refractivity contribution in [1.82, 2.24) is 0 Å². The van der Waals surface area contributed by atoms with E-state index in [9.17, 15) is 13.2 Å². The minimum Gasteiger partial charge on any atom is -0.461 e. The lowest BCUT2D eigenvalue weighted by atomic mass is 10.1. The van der Waals surface area contributed by atoms with Crippen molar-refractivity contribution in [1.29, 1.82) is 0 Å². The topological polar surface area (TPSA) is 89.9 Å². The van der Waals surface area contributed by atoms with Crippen molar-refractivity contribution < 1.29 is 26.7 Å². The van der Waals surface area contributed by atoms with Crippen molar-refractivity contribution in [2.45, 2.75) is 77.2 Å². The van der Waals surface area contributed by atoms with Crippen LogP contribution in [0.3, 0.4) is 0 Å². The Morgan fingerprint density at radius 3 is 1.93 bits per heavy atom. The summed E-state index contributed by atoms with van der Waals surface area (Å²) in [5.41, 5.74) is 2.03. The normalized spacial score (nSPS) is 11.3.